The molecule has 3 rings (SSSR count). The Hall–Kier alpha value is -0.140. The van der Waals surface area contributed by atoms with Crippen molar-refractivity contribution in [3.63, 3.8) is 0 Å². The standard InChI is InChI=1S/C10H7IN2S2/c11-10-12-9(15-13-10)8-5-6-3-1-2-4-7(6)14-8/h1-4,8H,5H2. The van der Waals surface area contributed by atoms with Crippen LogP contribution in [0.5, 0.6) is 0 Å². The summed E-state index contributed by atoms with van der Waals surface area (Å²) in [6.45, 7) is 0. The van der Waals surface area contributed by atoms with E-state index in [0.29, 0.717) is 5.25 Å². The zero-order chi connectivity index (χ0) is 10.3. The molecular formula is C10H7IN2S2. The fraction of sp³-hybridized carbons (Fsp3) is 0.200. The highest BCUT2D eigenvalue weighted by Crippen LogP contribution is 2.46. The molecule has 0 saturated carbocycles. The third-order valence-corrected chi connectivity index (χ3v) is 5.45. The average Bonchev–Trinajstić information content (AvgIpc) is 2.82. The van der Waals surface area contributed by atoms with Gasteiger partial charge < -0.3 is 0 Å². The van der Waals surface area contributed by atoms with E-state index < -0.39 is 0 Å². The van der Waals surface area contributed by atoms with Gasteiger partial charge in [0.05, 0.1) is 5.25 Å². The second kappa shape index (κ2) is 4.03. The number of hydrogen-bond acceptors (Lipinski definition) is 4. The number of halogens is 1. The highest BCUT2D eigenvalue weighted by molar-refractivity contribution is 14.1. The van der Waals surface area contributed by atoms with Crippen LogP contribution in [0.4, 0.5) is 0 Å². The van der Waals surface area contributed by atoms with Crippen LogP contribution in [0.15, 0.2) is 29.2 Å². The van der Waals surface area contributed by atoms with Crippen LogP contribution in [0, 0.1) is 3.83 Å². The Balaban J connectivity index is 1.90. The predicted molar refractivity (Wildman–Crippen MR) is 71.4 cm³/mol. The fourth-order valence-corrected chi connectivity index (χ4v) is 4.38. The summed E-state index contributed by atoms with van der Waals surface area (Å²) >= 11 is 5.60. The van der Waals surface area contributed by atoms with Crippen molar-refractivity contribution in [2.24, 2.45) is 0 Å². The first-order valence-electron chi connectivity index (χ1n) is 4.56. The van der Waals surface area contributed by atoms with Crippen LogP contribution in [0.3, 0.4) is 0 Å². The molecule has 1 aliphatic rings. The van der Waals surface area contributed by atoms with Crippen LogP contribution < -0.4 is 0 Å². The lowest BCUT2D eigenvalue weighted by Crippen LogP contribution is -1.91. The molecule has 2 nitrogen and oxygen atoms in total. The van der Waals surface area contributed by atoms with Crippen LogP contribution in [0.25, 0.3) is 0 Å². The van der Waals surface area contributed by atoms with Crippen molar-refractivity contribution in [1.29, 1.82) is 0 Å². The molecule has 1 atom stereocenters. The monoisotopic (exact) mass is 346 g/mol. The topological polar surface area (TPSA) is 25.8 Å². The molecule has 0 saturated heterocycles. The first kappa shape index (κ1) is 10.0. The number of fused-ring (bicyclic) bond motifs is 1. The van der Waals surface area contributed by atoms with Crippen molar-refractivity contribution < 1.29 is 0 Å². The van der Waals surface area contributed by atoms with Gasteiger partial charge in [-0.25, -0.2) is 4.98 Å². The van der Waals surface area contributed by atoms with E-state index in [4.69, 9.17) is 0 Å². The van der Waals surface area contributed by atoms with E-state index in [2.05, 4.69) is 56.2 Å². The quantitative estimate of drug-likeness (QED) is 0.739. The van der Waals surface area contributed by atoms with E-state index >= 15 is 0 Å². The maximum absolute atomic E-state index is 4.45. The molecular weight excluding hydrogens is 339 g/mol. The van der Waals surface area contributed by atoms with Gasteiger partial charge in [0.1, 0.15) is 5.01 Å². The summed E-state index contributed by atoms with van der Waals surface area (Å²) in [4.78, 5) is 5.84. The van der Waals surface area contributed by atoms with Gasteiger partial charge in [0, 0.05) is 27.5 Å². The number of thioether (sulfide) groups is 1. The molecule has 2 heterocycles. The number of hydrogen-bond donors (Lipinski definition) is 0. The van der Waals surface area contributed by atoms with Crippen molar-refractivity contribution in [1.82, 2.24) is 9.36 Å². The molecule has 1 unspecified atom stereocenters. The molecule has 0 fully saturated rings. The number of aromatic nitrogens is 2. The Morgan fingerprint density at radius 3 is 2.93 bits per heavy atom. The van der Waals surface area contributed by atoms with Crippen LogP contribution in [-0.2, 0) is 6.42 Å². The van der Waals surface area contributed by atoms with E-state index in [1.54, 1.807) is 0 Å². The number of benzene rings is 1. The Morgan fingerprint density at radius 1 is 1.33 bits per heavy atom. The molecule has 5 heteroatoms. The van der Waals surface area contributed by atoms with Gasteiger partial charge in [0.15, 0.2) is 0 Å². The van der Waals surface area contributed by atoms with Crippen LogP contribution in [0.2, 0.25) is 0 Å². The van der Waals surface area contributed by atoms with Gasteiger partial charge in [-0.1, -0.05) is 18.2 Å². The zero-order valence-electron chi connectivity index (χ0n) is 7.68. The van der Waals surface area contributed by atoms with E-state index in [9.17, 15) is 0 Å². The highest BCUT2D eigenvalue weighted by Gasteiger charge is 2.25. The summed E-state index contributed by atoms with van der Waals surface area (Å²) in [5.41, 5.74) is 1.44. The molecule has 2 aromatic rings. The molecule has 0 bridgehead atoms. The van der Waals surface area contributed by atoms with Crippen molar-refractivity contribution in [2.45, 2.75) is 16.6 Å². The second-order valence-electron chi connectivity index (χ2n) is 3.32. The minimum atomic E-state index is 0.475. The Labute approximate surface area is 110 Å². The summed E-state index contributed by atoms with van der Waals surface area (Å²) < 4.78 is 5.09. The molecule has 0 aliphatic carbocycles. The molecule has 0 spiro atoms. The lowest BCUT2D eigenvalue weighted by molar-refractivity contribution is 0.928. The van der Waals surface area contributed by atoms with Gasteiger partial charge in [-0.3, -0.25) is 0 Å². The molecule has 0 N–H and O–H groups in total. The highest BCUT2D eigenvalue weighted by atomic mass is 127. The molecule has 15 heavy (non-hydrogen) atoms. The maximum Gasteiger partial charge on any atom is 0.203 e. The van der Waals surface area contributed by atoms with Crippen molar-refractivity contribution in [2.75, 3.05) is 0 Å². The van der Waals surface area contributed by atoms with E-state index in [1.165, 1.54) is 22.0 Å². The normalized spacial score (nSPS) is 19.1. The number of nitrogens with zero attached hydrogens (tertiary/aromatic N) is 2. The lowest BCUT2D eigenvalue weighted by Gasteiger charge is -2.00. The van der Waals surface area contributed by atoms with Crippen molar-refractivity contribution in [3.05, 3.63) is 38.7 Å². The Morgan fingerprint density at radius 2 is 2.20 bits per heavy atom. The van der Waals surface area contributed by atoms with Crippen LogP contribution in [0.1, 0.15) is 15.8 Å². The minimum Gasteiger partial charge on any atom is -0.214 e. The van der Waals surface area contributed by atoms with Crippen molar-refractivity contribution in [3.8, 4) is 0 Å². The third-order valence-electron chi connectivity index (χ3n) is 2.34. The summed E-state index contributed by atoms with van der Waals surface area (Å²) in [6, 6.07) is 8.59. The van der Waals surface area contributed by atoms with Gasteiger partial charge in [-0.2, -0.15) is 4.37 Å². The predicted octanol–water partition coefficient (Wildman–Crippen LogP) is 3.53. The van der Waals surface area contributed by atoms with Gasteiger partial charge in [-0.05, 0) is 29.6 Å². The van der Waals surface area contributed by atoms with Gasteiger partial charge in [-0.15, -0.1) is 11.8 Å². The zero-order valence-corrected chi connectivity index (χ0v) is 11.5. The maximum atomic E-state index is 4.45. The number of rotatable bonds is 1. The Bertz CT molecular complexity index is 473. The Kier molecular flexibility index (Phi) is 2.70. The molecule has 1 aromatic heterocycles. The van der Waals surface area contributed by atoms with E-state index in [-0.39, 0.29) is 0 Å². The minimum absolute atomic E-state index is 0.475. The first-order chi connectivity index (χ1) is 7.33. The molecule has 76 valence electrons. The largest absolute Gasteiger partial charge is 0.214 e. The van der Waals surface area contributed by atoms with E-state index in [1.807, 2.05) is 11.8 Å². The molecule has 0 amide bonds. The first-order valence-corrected chi connectivity index (χ1v) is 7.30. The summed E-state index contributed by atoms with van der Waals surface area (Å²) in [5.74, 6) is 0. The van der Waals surface area contributed by atoms with Gasteiger partial charge in [0.2, 0.25) is 3.83 Å². The fourth-order valence-electron chi connectivity index (χ4n) is 1.67. The third kappa shape index (κ3) is 1.92. The SMILES string of the molecule is Ic1nsc(C2Cc3ccccc3S2)n1. The second-order valence-corrected chi connectivity index (χ2v) is 6.31. The average molecular weight is 346 g/mol. The molecule has 0 radical (unpaired) electrons. The van der Waals surface area contributed by atoms with Crippen molar-refractivity contribution >= 4 is 45.9 Å². The van der Waals surface area contributed by atoms with E-state index in [0.717, 1.165) is 15.3 Å². The smallest absolute Gasteiger partial charge is 0.203 e. The molecule has 1 aromatic carbocycles. The van der Waals surface area contributed by atoms with Crippen LogP contribution >= 0.6 is 45.9 Å². The van der Waals surface area contributed by atoms with Gasteiger partial charge >= 0.3 is 0 Å². The summed E-state index contributed by atoms with van der Waals surface area (Å²) in [5, 5.41) is 1.63. The molecule has 1 aliphatic heterocycles. The lowest BCUT2D eigenvalue weighted by atomic mass is 10.1. The summed E-state index contributed by atoms with van der Waals surface area (Å²) in [6.07, 6.45) is 1.09. The van der Waals surface area contributed by atoms with Crippen LogP contribution in [-0.4, -0.2) is 9.36 Å². The summed E-state index contributed by atoms with van der Waals surface area (Å²) in [7, 11) is 0. The van der Waals surface area contributed by atoms with Gasteiger partial charge in [0.25, 0.3) is 0 Å².